The number of ether oxygens (including phenoxy) is 2. The van der Waals surface area contributed by atoms with Gasteiger partial charge in [-0.2, -0.15) is 0 Å². The molecule has 5 nitrogen and oxygen atoms in total. The van der Waals surface area contributed by atoms with E-state index >= 15 is 0 Å². The van der Waals surface area contributed by atoms with E-state index in [1.807, 2.05) is 43.3 Å². The molecule has 0 unspecified atom stereocenters. The van der Waals surface area contributed by atoms with Gasteiger partial charge in [-0.3, -0.25) is 4.79 Å². The maximum atomic E-state index is 11.9. The number of nitrogens with one attached hydrogen (secondary N) is 1. The van der Waals surface area contributed by atoms with E-state index in [1.54, 1.807) is 13.2 Å². The van der Waals surface area contributed by atoms with Gasteiger partial charge in [0.1, 0.15) is 11.5 Å². The van der Waals surface area contributed by atoms with Crippen LogP contribution in [0.25, 0.3) is 0 Å². The summed E-state index contributed by atoms with van der Waals surface area (Å²) in [6.07, 6.45) is 1.03. The van der Waals surface area contributed by atoms with E-state index in [-0.39, 0.29) is 18.3 Å². The van der Waals surface area contributed by atoms with Gasteiger partial charge in [0.25, 0.3) is 0 Å². The summed E-state index contributed by atoms with van der Waals surface area (Å²) in [5, 5.41) is 2.87. The van der Waals surface area contributed by atoms with Crippen molar-refractivity contribution in [2.75, 3.05) is 24.8 Å². The van der Waals surface area contributed by atoms with Crippen LogP contribution in [0.15, 0.2) is 42.5 Å². The second kappa shape index (κ2) is 9.67. The van der Waals surface area contributed by atoms with Crippen molar-refractivity contribution in [2.24, 2.45) is 0 Å². The first kappa shape index (κ1) is 19.6. The van der Waals surface area contributed by atoms with Gasteiger partial charge in [-0.1, -0.05) is 6.07 Å². The maximum Gasteiger partial charge on any atom is 0.224 e. The summed E-state index contributed by atoms with van der Waals surface area (Å²) in [6.45, 7) is 2.41. The van der Waals surface area contributed by atoms with E-state index in [0.29, 0.717) is 25.1 Å². The van der Waals surface area contributed by atoms with Gasteiger partial charge in [-0.05, 0) is 55.3 Å². The average Bonchev–Trinajstić information content (AvgIpc) is 2.55. The standard InChI is InChI=1S/C18H22N2O3.ClH/c1-13-5-6-14(19)12-17(13)20-18(21)4-3-11-23-16-9-7-15(22-2)8-10-16;/h5-10,12H,3-4,11,19H2,1-2H3,(H,20,21);1H. The minimum absolute atomic E-state index is 0. The van der Waals surface area contributed by atoms with Crippen LogP contribution in [0.2, 0.25) is 0 Å². The Bertz CT molecular complexity index is 660. The van der Waals surface area contributed by atoms with Gasteiger partial charge >= 0.3 is 0 Å². The summed E-state index contributed by atoms with van der Waals surface area (Å²) >= 11 is 0. The number of halogens is 1. The van der Waals surface area contributed by atoms with Gasteiger partial charge in [-0.15, -0.1) is 12.4 Å². The van der Waals surface area contributed by atoms with Gasteiger partial charge in [0.2, 0.25) is 5.91 Å². The van der Waals surface area contributed by atoms with Crippen LogP contribution in [0.5, 0.6) is 11.5 Å². The molecular weight excluding hydrogens is 328 g/mol. The molecule has 0 aliphatic heterocycles. The van der Waals surface area contributed by atoms with Crippen molar-refractivity contribution >= 4 is 29.7 Å². The Hall–Kier alpha value is -2.40. The summed E-state index contributed by atoms with van der Waals surface area (Å²) < 4.78 is 10.7. The predicted octanol–water partition coefficient (Wildman–Crippen LogP) is 3.81. The maximum absolute atomic E-state index is 11.9. The molecule has 0 spiro atoms. The van der Waals surface area contributed by atoms with E-state index in [2.05, 4.69) is 5.32 Å². The third-order valence-corrected chi connectivity index (χ3v) is 3.41. The molecule has 0 aliphatic rings. The van der Waals surface area contributed by atoms with Crippen LogP contribution < -0.4 is 20.5 Å². The Balaban J connectivity index is 0.00000288. The van der Waals surface area contributed by atoms with E-state index in [4.69, 9.17) is 15.2 Å². The SMILES string of the molecule is COc1ccc(OCCCC(=O)Nc2cc(N)ccc2C)cc1.Cl. The lowest BCUT2D eigenvalue weighted by atomic mass is 10.1. The van der Waals surface area contributed by atoms with Crippen LogP contribution in [0.3, 0.4) is 0 Å². The molecule has 3 N–H and O–H groups in total. The van der Waals surface area contributed by atoms with Crippen LogP contribution in [-0.2, 0) is 4.79 Å². The molecule has 0 aromatic heterocycles. The highest BCUT2D eigenvalue weighted by molar-refractivity contribution is 5.92. The molecule has 1 amide bonds. The Morgan fingerprint density at radius 3 is 2.46 bits per heavy atom. The number of anilines is 2. The van der Waals surface area contributed by atoms with Crippen LogP contribution >= 0.6 is 12.4 Å². The fourth-order valence-electron chi connectivity index (χ4n) is 2.08. The fourth-order valence-corrected chi connectivity index (χ4v) is 2.08. The smallest absolute Gasteiger partial charge is 0.224 e. The lowest BCUT2D eigenvalue weighted by Gasteiger charge is -2.10. The molecule has 0 radical (unpaired) electrons. The number of benzene rings is 2. The monoisotopic (exact) mass is 350 g/mol. The van der Waals surface area contributed by atoms with Gasteiger partial charge in [0.05, 0.1) is 13.7 Å². The van der Waals surface area contributed by atoms with Crippen molar-refractivity contribution in [1.82, 2.24) is 0 Å². The van der Waals surface area contributed by atoms with Crippen LogP contribution in [0, 0.1) is 6.92 Å². The Labute approximate surface area is 148 Å². The van der Waals surface area contributed by atoms with E-state index in [1.165, 1.54) is 0 Å². The zero-order valence-corrected chi connectivity index (χ0v) is 14.7. The van der Waals surface area contributed by atoms with Crippen molar-refractivity contribution in [3.8, 4) is 11.5 Å². The zero-order chi connectivity index (χ0) is 16.7. The van der Waals surface area contributed by atoms with Crippen LogP contribution in [-0.4, -0.2) is 19.6 Å². The molecule has 6 heteroatoms. The molecule has 0 atom stereocenters. The Morgan fingerprint density at radius 1 is 1.12 bits per heavy atom. The lowest BCUT2D eigenvalue weighted by molar-refractivity contribution is -0.116. The molecule has 0 heterocycles. The van der Waals surface area contributed by atoms with Crippen molar-refractivity contribution in [2.45, 2.75) is 19.8 Å². The highest BCUT2D eigenvalue weighted by Gasteiger charge is 2.05. The molecule has 0 fully saturated rings. The first-order valence-corrected chi connectivity index (χ1v) is 7.51. The van der Waals surface area contributed by atoms with Crippen molar-refractivity contribution in [3.05, 3.63) is 48.0 Å². The van der Waals surface area contributed by atoms with E-state index in [0.717, 1.165) is 22.7 Å². The summed E-state index contributed by atoms with van der Waals surface area (Å²) in [5.74, 6) is 1.50. The summed E-state index contributed by atoms with van der Waals surface area (Å²) in [6, 6.07) is 12.8. The number of methoxy groups -OCH3 is 1. The number of carbonyl (C=O) groups excluding carboxylic acids is 1. The molecule has 0 bridgehead atoms. The first-order valence-electron chi connectivity index (χ1n) is 7.51. The molecule has 0 saturated heterocycles. The highest BCUT2D eigenvalue weighted by atomic mass is 35.5. The molecule has 2 rings (SSSR count). The number of amides is 1. The fraction of sp³-hybridized carbons (Fsp3) is 0.278. The molecule has 2 aromatic carbocycles. The van der Waals surface area contributed by atoms with Gasteiger partial charge in [0, 0.05) is 17.8 Å². The zero-order valence-electron chi connectivity index (χ0n) is 13.9. The quantitative estimate of drug-likeness (QED) is 0.588. The van der Waals surface area contributed by atoms with Crippen LogP contribution in [0.1, 0.15) is 18.4 Å². The minimum atomic E-state index is -0.0444. The number of hydrogen-bond donors (Lipinski definition) is 2. The Kier molecular flexibility index (Phi) is 7.92. The molecule has 130 valence electrons. The van der Waals surface area contributed by atoms with Crippen molar-refractivity contribution in [1.29, 1.82) is 0 Å². The molecule has 24 heavy (non-hydrogen) atoms. The predicted molar refractivity (Wildman–Crippen MR) is 99.2 cm³/mol. The number of carbonyl (C=O) groups is 1. The van der Waals surface area contributed by atoms with Gasteiger partial charge in [-0.25, -0.2) is 0 Å². The lowest BCUT2D eigenvalue weighted by Crippen LogP contribution is -2.13. The number of aryl methyl sites for hydroxylation is 1. The van der Waals surface area contributed by atoms with Gasteiger partial charge in [0.15, 0.2) is 0 Å². The molecule has 0 saturated carbocycles. The number of rotatable bonds is 7. The second-order valence-electron chi connectivity index (χ2n) is 5.25. The topological polar surface area (TPSA) is 73.6 Å². The largest absolute Gasteiger partial charge is 0.497 e. The molecule has 0 aliphatic carbocycles. The number of nitrogens with two attached hydrogens (primary N) is 1. The first-order chi connectivity index (χ1) is 11.1. The third-order valence-electron chi connectivity index (χ3n) is 3.41. The van der Waals surface area contributed by atoms with Gasteiger partial charge < -0.3 is 20.5 Å². The minimum Gasteiger partial charge on any atom is -0.497 e. The average molecular weight is 351 g/mol. The summed E-state index contributed by atoms with van der Waals surface area (Å²) in [5.41, 5.74) is 8.11. The van der Waals surface area contributed by atoms with E-state index < -0.39 is 0 Å². The number of nitrogen functional groups attached to an aromatic ring is 1. The highest BCUT2D eigenvalue weighted by Crippen LogP contribution is 2.19. The van der Waals surface area contributed by atoms with Crippen LogP contribution in [0.4, 0.5) is 11.4 Å². The second-order valence-corrected chi connectivity index (χ2v) is 5.25. The Morgan fingerprint density at radius 2 is 1.79 bits per heavy atom. The molecule has 2 aromatic rings. The van der Waals surface area contributed by atoms with E-state index in [9.17, 15) is 4.79 Å². The normalized spacial score (nSPS) is 9.75. The summed E-state index contributed by atoms with van der Waals surface area (Å²) in [7, 11) is 1.62. The summed E-state index contributed by atoms with van der Waals surface area (Å²) in [4.78, 5) is 11.9. The molecular formula is C18H23ClN2O3. The van der Waals surface area contributed by atoms with Crippen molar-refractivity contribution in [3.63, 3.8) is 0 Å². The van der Waals surface area contributed by atoms with Crippen molar-refractivity contribution < 1.29 is 14.3 Å². The third kappa shape index (κ3) is 6.01. The number of hydrogen-bond acceptors (Lipinski definition) is 4.